The van der Waals surface area contributed by atoms with Crippen LogP contribution in [0.5, 0.6) is 0 Å². The van der Waals surface area contributed by atoms with Crippen LogP contribution in [-0.4, -0.2) is 43.8 Å². The van der Waals surface area contributed by atoms with Gasteiger partial charge in [0.05, 0.1) is 19.6 Å². The van der Waals surface area contributed by atoms with Crippen molar-refractivity contribution in [1.82, 2.24) is 4.90 Å². The maximum absolute atomic E-state index is 11.4. The Kier molecular flexibility index (Phi) is 6.67. The minimum absolute atomic E-state index is 0.165. The SMILES string of the molecule is COC(=O)CCN(Cc1cccc(Br)c1)CC1CCCO1. The summed E-state index contributed by atoms with van der Waals surface area (Å²) >= 11 is 3.50. The number of carbonyl (C=O) groups excluding carboxylic acids is 1. The Balaban J connectivity index is 1.94. The van der Waals surface area contributed by atoms with E-state index in [2.05, 4.69) is 33.0 Å². The normalized spacial score (nSPS) is 18.1. The van der Waals surface area contributed by atoms with Crippen molar-refractivity contribution in [3.63, 3.8) is 0 Å². The van der Waals surface area contributed by atoms with Crippen LogP contribution in [-0.2, 0) is 20.8 Å². The summed E-state index contributed by atoms with van der Waals surface area (Å²) in [6, 6.07) is 8.26. The Hall–Kier alpha value is -0.910. The van der Waals surface area contributed by atoms with E-state index >= 15 is 0 Å². The third kappa shape index (κ3) is 5.77. The van der Waals surface area contributed by atoms with Crippen LogP contribution < -0.4 is 0 Å². The summed E-state index contributed by atoms with van der Waals surface area (Å²) in [5.41, 5.74) is 1.23. The molecule has 0 saturated carbocycles. The zero-order chi connectivity index (χ0) is 15.1. The van der Waals surface area contributed by atoms with Crippen LogP contribution >= 0.6 is 15.9 Å². The van der Waals surface area contributed by atoms with Crippen LogP contribution in [0.1, 0.15) is 24.8 Å². The van der Waals surface area contributed by atoms with Crippen LogP contribution in [0.15, 0.2) is 28.7 Å². The highest BCUT2D eigenvalue weighted by atomic mass is 79.9. The number of esters is 1. The van der Waals surface area contributed by atoms with Gasteiger partial charge >= 0.3 is 5.97 Å². The highest BCUT2D eigenvalue weighted by Crippen LogP contribution is 2.17. The highest BCUT2D eigenvalue weighted by molar-refractivity contribution is 9.10. The van der Waals surface area contributed by atoms with Crippen LogP contribution in [0.25, 0.3) is 0 Å². The second kappa shape index (κ2) is 8.51. The Bertz CT molecular complexity index is 461. The molecule has 1 aromatic carbocycles. The molecule has 1 aromatic rings. The molecule has 4 nitrogen and oxygen atoms in total. The number of carbonyl (C=O) groups is 1. The predicted octanol–water partition coefficient (Wildman–Crippen LogP) is 2.99. The largest absolute Gasteiger partial charge is 0.469 e. The molecule has 1 aliphatic rings. The van der Waals surface area contributed by atoms with Crippen molar-refractivity contribution in [1.29, 1.82) is 0 Å². The van der Waals surface area contributed by atoms with Gasteiger partial charge in [-0.1, -0.05) is 28.1 Å². The minimum Gasteiger partial charge on any atom is -0.469 e. The fourth-order valence-corrected chi connectivity index (χ4v) is 3.00. The molecule has 0 spiro atoms. The van der Waals surface area contributed by atoms with Gasteiger partial charge in [0.25, 0.3) is 0 Å². The molecule has 1 heterocycles. The fourth-order valence-electron chi connectivity index (χ4n) is 2.56. The molecule has 1 aliphatic heterocycles. The summed E-state index contributed by atoms with van der Waals surface area (Å²) in [5.74, 6) is -0.165. The van der Waals surface area contributed by atoms with E-state index in [1.165, 1.54) is 12.7 Å². The fraction of sp³-hybridized carbons (Fsp3) is 0.562. The summed E-state index contributed by atoms with van der Waals surface area (Å²) in [6.45, 7) is 3.23. The van der Waals surface area contributed by atoms with Gasteiger partial charge in [-0.15, -0.1) is 0 Å². The van der Waals surface area contributed by atoms with Crippen LogP contribution in [0, 0.1) is 0 Å². The highest BCUT2D eigenvalue weighted by Gasteiger charge is 2.20. The first-order chi connectivity index (χ1) is 10.2. The molecule has 2 rings (SSSR count). The lowest BCUT2D eigenvalue weighted by Crippen LogP contribution is -2.33. The molecule has 0 aromatic heterocycles. The van der Waals surface area contributed by atoms with Gasteiger partial charge in [0.2, 0.25) is 0 Å². The van der Waals surface area contributed by atoms with Crippen molar-refractivity contribution in [3.05, 3.63) is 34.3 Å². The molecule has 116 valence electrons. The third-order valence-electron chi connectivity index (χ3n) is 3.64. The minimum atomic E-state index is -0.165. The van der Waals surface area contributed by atoms with Gasteiger partial charge in [-0.25, -0.2) is 0 Å². The second-order valence-electron chi connectivity index (χ2n) is 5.33. The average molecular weight is 356 g/mol. The van der Waals surface area contributed by atoms with Gasteiger partial charge < -0.3 is 9.47 Å². The molecule has 0 aliphatic carbocycles. The van der Waals surface area contributed by atoms with E-state index in [0.29, 0.717) is 13.0 Å². The van der Waals surface area contributed by atoms with Gasteiger partial charge in [-0.05, 0) is 30.5 Å². The Morgan fingerprint density at radius 3 is 3.05 bits per heavy atom. The molecule has 1 atom stereocenters. The van der Waals surface area contributed by atoms with E-state index in [0.717, 1.165) is 37.0 Å². The summed E-state index contributed by atoms with van der Waals surface area (Å²) in [4.78, 5) is 13.6. The van der Waals surface area contributed by atoms with E-state index < -0.39 is 0 Å². The standard InChI is InChI=1S/C16H22BrNO3/c1-20-16(19)7-8-18(12-15-6-3-9-21-15)11-13-4-2-5-14(17)10-13/h2,4-5,10,15H,3,6-9,11-12H2,1H3. The first kappa shape index (κ1) is 16.5. The zero-order valence-electron chi connectivity index (χ0n) is 12.4. The Labute approximate surface area is 134 Å². The van der Waals surface area contributed by atoms with Crippen LogP contribution in [0.4, 0.5) is 0 Å². The molecule has 0 amide bonds. The van der Waals surface area contributed by atoms with Crippen molar-refractivity contribution in [2.45, 2.75) is 31.9 Å². The molecule has 1 saturated heterocycles. The van der Waals surface area contributed by atoms with Crippen LogP contribution in [0.2, 0.25) is 0 Å². The van der Waals surface area contributed by atoms with Crippen molar-refractivity contribution in [2.24, 2.45) is 0 Å². The molecule has 1 fully saturated rings. The molecular formula is C16H22BrNO3. The van der Waals surface area contributed by atoms with E-state index in [1.807, 2.05) is 12.1 Å². The van der Waals surface area contributed by atoms with E-state index in [-0.39, 0.29) is 12.1 Å². The number of hydrogen-bond acceptors (Lipinski definition) is 4. The number of halogens is 1. The quantitative estimate of drug-likeness (QED) is 0.704. The van der Waals surface area contributed by atoms with Gasteiger partial charge in [0.1, 0.15) is 0 Å². The number of hydrogen-bond donors (Lipinski definition) is 0. The predicted molar refractivity (Wildman–Crippen MR) is 85.0 cm³/mol. The zero-order valence-corrected chi connectivity index (χ0v) is 14.0. The molecule has 0 N–H and O–H groups in total. The van der Waals surface area contributed by atoms with Crippen molar-refractivity contribution in [3.8, 4) is 0 Å². The number of nitrogens with zero attached hydrogens (tertiary/aromatic N) is 1. The van der Waals surface area contributed by atoms with Gasteiger partial charge in [0.15, 0.2) is 0 Å². The molecule has 0 bridgehead atoms. The Morgan fingerprint density at radius 2 is 2.38 bits per heavy atom. The molecule has 5 heteroatoms. The van der Waals surface area contributed by atoms with Crippen molar-refractivity contribution < 1.29 is 14.3 Å². The average Bonchev–Trinajstić information content (AvgIpc) is 2.97. The first-order valence-electron chi connectivity index (χ1n) is 7.32. The topological polar surface area (TPSA) is 38.8 Å². The van der Waals surface area contributed by atoms with E-state index in [4.69, 9.17) is 9.47 Å². The second-order valence-corrected chi connectivity index (χ2v) is 6.24. The van der Waals surface area contributed by atoms with Gasteiger partial charge in [0, 0.05) is 30.7 Å². The molecular weight excluding hydrogens is 334 g/mol. The summed E-state index contributed by atoms with van der Waals surface area (Å²) in [6.07, 6.45) is 2.94. The number of ether oxygens (including phenoxy) is 2. The maximum Gasteiger partial charge on any atom is 0.306 e. The lowest BCUT2D eigenvalue weighted by Gasteiger charge is -2.25. The molecule has 1 unspecified atom stereocenters. The molecule has 0 radical (unpaired) electrons. The molecule has 21 heavy (non-hydrogen) atoms. The smallest absolute Gasteiger partial charge is 0.306 e. The summed E-state index contributed by atoms with van der Waals surface area (Å²) in [5, 5.41) is 0. The van der Waals surface area contributed by atoms with E-state index in [1.54, 1.807) is 0 Å². The lowest BCUT2D eigenvalue weighted by molar-refractivity contribution is -0.141. The van der Waals surface area contributed by atoms with Crippen LogP contribution in [0.3, 0.4) is 0 Å². The number of methoxy groups -OCH3 is 1. The Morgan fingerprint density at radius 1 is 1.52 bits per heavy atom. The van der Waals surface area contributed by atoms with E-state index in [9.17, 15) is 4.79 Å². The monoisotopic (exact) mass is 355 g/mol. The number of benzene rings is 1. The first-order valence-corrected chi connectivity index (χ1v) is 8.12. The number of rotatable bonds is 7. The summed E-state index contributed by atoms with van der Waals surface area (Å²) in [7, 11) is 1.43. The third-order valence-corrected chi connectivity index (χ3v) is 4.13. The van der Waals surface area contributed by atoms with Gasteiger partial charge in [-0.2, -0.15) is 0 Å². The lowest BCUT2D eigenvalue weighted by atomic mass is 10.1. The van der Waals surface area contributed by atoms with Crippen molar-refractivity contribution in [2.75, 3.05) is 26.8 Å². The summed E-state index contributed by atoms with van der Waals surface area (Å²) < 4.78 is 11.5. The van der Waals surface area contributed by atoms with Crippen molar-refractivity contribution >= 4 is 21.9 Å². The maximum atomic E-state index is 11.4. The van der Waals surface area contributed by atoms with Gasteiger partial charge in [-0.3, -0.25) is 9.69 Å².